The summed E-state index contributed by atoms with van der Waals surface area (Å²) in [6.45, 7) is 2.30. The van der Waals surface area contributed by atoms with Crippen LogP contribution in [-0.4, -0.2) is 62.5 Å². The third-order valence-corrected chi connectivity index (χ3v) is 6.19. The molecule has 0 unspecified atom stereocenters. The topological polar surface area (TPSA) is 63.6 Å². The van der Waals surface area contributed by atoms with Crippen LogP contribution < -0.4 is 14.2 Å². The number of rotatable bonds is 7. The Hall–Kier alpha value is -3.06. The Labute approximate surface area is 189 Å². The molecule has 1 fully saturated rings. The van der Waals surface area contributed by atoms with Gasteiger partial charge >= 0.3 is 0 Å². The second-order valence-electron chi connectivity index (χ2n) is 8.15. The molecule has 2 aromatic carbocycles. The Kier molecular flexibility index (Phi) is 6.95. The minimum Gasteiger partial charge on any atom is -0.497 e. The Morgan fingerprint density at radius 2 is 1.72 bits per heavy atom. The van der Waals surface area contributed by atoms with Crippen molar-refractivity contribution in [1.82, 2.24) is 9.91 Å². The molecule has 1 amide bonds. The van der Waals surface area contributed by atoms with E-state index in [2.05, 4.69) is 4.90 Å². The van der Waals surface area contributed by atoms with Crippen LogP contribution in [0.25, 0.3) is 0 Å². The predicted octanol–water partition coefficient (Wildman–Crippen LogP) is 3.88. The summed E-state index contributed by atoms with van der Waals surface area (Å²) < 4.78 is 16.6. The number of methoxy groups -OCH3 is 3. The first-order chi connectivity index (χ1) is 15.6. The molecule has 1 atom stereocenters. The zero-order valence-electron chi connectivity index (χ0n) is 19.0. The molecular weight excluding hydrogens is 406 g/mol. The number of benzene rings is 2. The average Bonchev–Trinajstić information content (AvgIpc) is 3.29. The van der Waals surface area contributed by atoms with Crippen molar-refractivity contribution in [2.75, 3.05) is 41.0 Å². The predicted molar refractivity (Wildman–Crippen MR) is 124 cm³/mol. The van der Waals surface area contributed by atoms with E-state index in [1.807, 2.05) is 42.5 Å². The minimum absolute atomic E-state index is 0.00489. The lowest BCUT2D eigenvalue weighted by molar-refractivity contribution is -0.134. The number of likely N-dealkylation sites (tertiary alicyclic amines) is 1. The van der Waals surface area contributed by atoms with Crippen molar-refractivity contribution in [2.45, 2.75) is 31.7 Å². The summed E-state index contributed by atoms with van der Waals surface area (Å²) in [6, 6.07) is 13.3. The number of hydrogen-bond donors (Lipinski definition) is 0. The highest BCUT2D eigenvalue weighted by Gasteiger charge is 2.36. The van der Waals surface area contributed by atoms with Crippen LogP contribution in [0.2, 0.25) is 0 Å². The van der Waals surface area contributed by atoms with Crippen LogP contribution >= 0.6 is 0 Å². The van der Waals surface area contributed by atoms with Crippen molar-refractivity contribution >= 4 is 11.6 Å². The van der Waals surface area contributed by atoms with E-state index in [0.717, 1.165) is 48.5 Å². The molecule has 0 aliphatic carbocycles. The largest absolute Gasteiger partial charge is 0.497 e. The zero-order valence-corrected chi connectivity index (χ0v) is 19.0. The van der Waals surface area contributed by atoms with Crippen LogP contribution in [-0.2, 0) is 4.79 Å². The van der Waals surface area contributed by atoms with E-state index >= 15 is 0 Å². The molecule has 2 aromatic rings. The van der Waals surface area contributed by atoms with Gasteiger partial charge in [0.25, 0.3) is 5.91 Å². The van der Waals surface area contributed by atoms with Gasteiger partial charge in [-0.25, -0.2) is 5.01 Å². The molecule has 0 saturated carbocycles. The highest BCUT2D eigenvalue weighted by Crippen LogP contribution is 2.39. The molecule has 0 N–H and O–H groups in total. The molecule has 170 valence electrons. The summed E-state index contributed by atoms with van der Waals surface area (Å²) in [7, 11) is 4.91. The molecule has 32 heavy (non-hydrogen) atoms. The first-order valence-electron chi connectivity index (χ1n) is 11.1. The molecule has 2 heterocycles. The molecular formula is C25H31N3O4. The van der Waals surface area contributed by atoms with Gasteiger partial charge in [0, 0.05) is 23.6 Å². The van der Waals surface area contributed by atoms with E-state index < -0.39 is 0 Å². The lowest BCUT2D eigenvalue weighted by atomic mass is 9.97. The summed E-state index contributed by atoms with van der Waals surface area (Å²) in [5, 5.41) is 6.46. The summed E-state index contributed by atoms with van der Waals surface area (Å²) in [5.41, 5.74) is 2.63. The van der Waals surface area contributed by atoms with Crippen LogP contribution in [0.1, 0.15) is 42.9 Å². The number of carbonyl (C=O) groups is 1. The summed E-state index contributed by atoms with van der Waals surface area (Å²) in [5.74, 6) is 2.15. The molecule has 4 rings (SSSR count). The van der Waals surface area contributed by atoms with Crippen LogP contribution in [0.3, 0.4) is 0 Å². The number of carbonyl (C=O) groups excluding carboxylic acids is 1. The van der Waals surface area contributed by atoms with E-state index in [9.17, 15) is 4.79 Å². The monoisotopic (exact) mass is 437 g/mol. The number of nitrogens with zero attached hydrogens (tertiary/aromatic N) is 3. The number of hydrazone groups is 1. The average molecular weight is 438 g/mol. The van der Waals surface area contributed by atoms with Gasteiger partial charge in [0.15, 0.2) is 0 Å². The molecule has 0 spiro atoms. The fourth-order valence-corrected chi connectivity index (χ4v) is 4.51. The molecule has 0 radical (unpaired) electrons. The Morgan fingerprint density at radius 3 is 2.44 bits per heavy atom. The highest BCUT2D eigenvalue weighted by molar-refractivity contribution is 6.05. The summed E-state index contributed by atoms with van der Waals surface area (Å²) in [6.07, 6.45) is 4.09. The third-order valence-electron chi connectivity index (χ3n) is 6.19. The first kappa shape index (κ1) is 22.1. The normalized spacial score (nSPS) is 18.9. The molecule has 7 nitrogen and oxygen atoms in total. The fraction of sp³-hybridized carbons (Fsp3) is 0.440. The van der Waals surface area contributed by atoms with Crippen LogP contribution in [0.4, 0.5) is 0 Å². The lowest BCUT2D eigenvalue weighted by Crippen LogP contribution is -2.40. The van der Waals surface area contributed by atoms with Gasteiger partial charge in [0.2, 0.25) is 0 Å². The van der Waals surface area contributed by atoms with Crippen molar-refractivity contribution in [1.29, 1.82) is 0 Å². The van der Waals surface area contributed by atoms with E-state index in [1.54, 1.807) is 26.3 Å². The second-order valence-corrected chi connectivity index (χ2v) is 8.15. The number of para-hydroxylation sites is 1. The van der Waals surface area contributed by atoms with Gasteiger partial charge in [-0.1, -0.05) is 24.6 Å². The van der Waals surface area contributed by atoms with E-state index in [0.29, 0.717) is 24.5 Å². The summed E-state index contributed by atoms with van der Waals surface area (Å²) >= 11 is 0. The Bertz CT molecular complexity index is 985. The molecule has 1 saturated heterocycles. The summed E-state index contributed by atoms with van der Waals surface area (Å²) in [4.78, 5) is 15.6. The molecule has 7 heteroatoms. The van der Waals surface area contributed by atoms with Gasteiger partial charge in [0.05, 0.1) is 39.6 Å². The van der Waals surface area contributed by atoms with Crippen LogP contribution in [0, 0.1) is 0 Å². The first-order valence-corrected chi connectivity index (χ1v) is 11.1. The lowest BCUT2D eigenvalue weighted by Gasteiger charge is -2.29. The number of amides is 1. The van der Waals surface area contributed by atoms with Gasteiger partial charge in [-0.05, 0) is 44.1 Å². The number of ether oxygens (including phenoxy) is 3. The second kappa shape index (κ2) is 10.0. The van der Waals surface area contributed by atoms with Gasteiger partial charge in [-0.15, -0.1) is 0 Å². The van der Waals surface area contributed by atoms with Crippen LogP contribution in [0.15, 0.2) is 47.6 Å². The van der Waals surface area contributed by atoms with Crippen LogP contribution in [0.5, 0.6) is 17.2 Å². The molecule has 0 aromatic heterocycles. The highest BCUT2D eigenvalue weighted by atomic mass is 16.5. The maximum absolute atomic E-state index is 13.4. The number of piperidine rings is 1. The van der Waals surface area contributed by atoms with Crippen molar-refractivity contribution in [3.8, 4) is 17.2 Å². The van der Waals surface area contributed by atoms with Crippen molar-refractivity contribution in [3.05, 3.63) is 53.6 Å². The molecule has 2 aliphatic heterocycles. The standard InChI is InChI=1S/C25H31N3O4/c1-30-18-11-12-19(24(15-18)32-3)21-16-22(20-9-5-6-10-23(20)31-2)28(26-21)25(29)17-27-13-7-4-8-14-27/h5-6,9-12,15,22H,4,7-8,13-14,16-17H2,1-3H3/t22-/m1/s1. The maximum atomic E-state index is 13.4. The Morgan fingerprint density at radius 1 is 0.969 bits per heavy atom. The SMILES string of the molecule is COc1ccc(C2=NN(C(=O)CN3CCCCC3)[C@@H](c3ccccc3OC)C2)c(OC)c1. The van der Waals surface area contributed by atoms with Gasteiger partial charge in [-0.3, -0.25) is 9.69 Å². The quantitative estimate of drug-likeness (QED) is 0.658. The van der Waals surface area contributed by atoms with Crippen molar-refractivity contribution in [3.63, 3.8) is 0 Å². The minimum atomic E-state index is -0.231. The molecule has 2 aliphatic rings. The third kappa shape index (κ3) is 4.58. The fourth-order valence-electron chi connectivity index (χ4n) is 4.51. The van der Waals surface area contributed by atoms with E-state index in [-0.39, 0.29) is 11.9 Å². The smallest absolute Gasteiger partial charge is 0.257 e. The molecule has 0 bridgehead atoms. The Balaban J connectivity index is 1.68. The van der Waals surface area contributed by atoms with Gasteiger partial charge < -0.3 is 14.2 Å². The number of hydrogen-bond acceptors (Lipinski definition) is 6. The van der Waals surface area contributed by atoms with E-state index in [1.165, 1.54) is 6.42 Å². The van der Waals surface area contributed by atoms with Gasteiger partial charge in [0.1, 0.15) is 17.2 Å². The van der Waals surface area contributed by atoms with E-state index in [4.69, 9.17) is 19.3 Å². The maximum Gasteiger partial charge on any atom is 0.257 e. The zero-order chi connectivity index (χ0) is 22.5. The van der Waals surface area contributed by atoms with Gasteiger partial charge in [-0.2, -0.15) is 5.10 Å². The van der Waals surface area contributed by atoms with Crippen molar-refractivity contribution < 1.29 is 19.0 Å². The van der Waals surface area contributed by atoms with Crippen molar-refractivity contribution in [2.24, 2.45) is 5.10 Å².